The minimum absolute atomic E-state index is 0.0000917. The van der Waals surface area contributed by atoms with E-state index in [0.717, 1.165) is 12.8 Å². The molecule has 0 heterocycles. The monoisotopic (exact) mass is 590 g/mol. The quantitative estimate of drug-likeness (QED) is 0.184. The summed E-state index contributed by atoms with van der Waals surface area (Å²) in [6, 6.07) is 21.9. The summed E-state index contributed by atoms with van der Waals surface area (Å²) in [4.78, 5) is 0. The van der Waals surface area contributed by atoms with E-state index in [2.05, 4.69) is 137 Å². The molecule has 11 rings (SSSR count). The Morgan fingerprint density at radius 1 is 0.696 bits per heavy atom. The molecule has 0 N–H and O–H groups in total. The summed E-state index contributed by atoms with van der Waals surface area (Å²) in [5, 5.41) is 8.69. The van der Waals surface area contributed by atoms with Crippen LogP contribution in [-0.4, -0.2) is 0 Å². The lowest BCUT2D eigenvalue weighted by Crippen LogP contribution is -2.44. The normalized spacial score (nSPS) is 27.0. The van der Waals surface area contributed by atoms with Gasteiger partial charge in [0.25, 0.3) is 0 Å². The third kappa shape index (κ3) is 2.90. The van der Waals surface area contributed by atoms with Gasteiger partial charge in [-0.1, -0.05) is 119 Å². The van der Waals surface area contributed by atoms with Gasteiger partial charge in [0, 0.05) is 29.1 Å². The minimum atomic E-state index is -0.0670. The van der Waals surface area contributed by atoms with Crippen LogP contribution in [0.5, 0.6) is 0 Å². The Labute approximate surface area is 270 Å². The Balaban J connectivity index is 1.24. The van der Waals surface area contributed by atoms with Crippen molar-refractivity contribution < 1.29 is 0 Å². The Bertz CT molecular complexity index is 2540. The smallest absolute Gasteiger partial charge is 0.0159 e. The Hall–Kier alpha value is -4.42. The van der Waals surface area contributed by atoms with Gasteiger partial charge in [-0.05, 0) is 124 Å². The number of benzene rings is 4. The molecule has 0 nitrogen and oxygen atoms in total. The van der Waals surface area contributed by atoms with Crippen molar-refractivity contribution in [3.05, 3.63) is 151 Å². The molecule has 222 valence electrons. The Kier molecular flexibility index (Phi) is 4.64. The largest absolute Gasteiger partial charge is 0.0836 e. The first-order valence-corrected chi connectivity index (χ1v) is 17.4. The highest BCUT2D eigenvalue weighted by atomic mass is 14.5. The zero-order valence-corrected chi connectivity index (χ0v) is 27.1. The molecule has 0 bridgehead atoms. The molecular weight excluding hydrogens is 553 g/mol. The van der Waals surface area contributed by atoms with Crippen LogP contribution in [0.1, 0.15) is 74.3 Å². The third-order valence-corrected chi connectivity index (χ3v) is 13.1. The topological polar surface area (TPSA) is 0 Å². The maximum Gasteiger partial charge on any atom is 0.0159 e. The predicted octanol–water partition coefficient (Wildman–Crippen LogP) is 7.72. The SMILES string of the molecule is CC1(C)c2cc3c(cc2-c2c1cc1ccc4c5c1c2=CCC5C=CC=4)C(C)(C)C1C3=c2ccccc2=C2C3=CC=CCC3C=CC21. The van der Waals surface area contributed by atoms with Crippen molar-refractivity contribution in [2.75, 3.05) is 0 Å². The summed E-state index contributed by atoms with van der Waals surface area (Å²) in [5.74, 6) is 1.80. The molecule has 7 aliphatic carbocycles. The van der Waals surface area contributed by atoms with Gasteiger partial charge in [-0.15, -0.1) is 0 Å². The average Bonchev–Trinajstić information content (AvgIpc) is 3.45. The summed E-state index contributed by atoms with van der Waals surface area (Å²) < 4.78 is 0. The van der Waals surface area contributed by atoms with Crippen molar-refractivity contribution in [1.82, 2.24) is 0 Å². The van der Waals surface area contributed by atoms with Crippen LogP contribution in [0.4, 0.5) is 0 Å². The van der Waals surface area contributed by atoms with Crippen LogP contribution in [0.15, 0.2) is 103 Å². The van der Waals surface area contributed by atoms with E-state index >= 15 is 0 Å². The van der Waals surface area contributed by atoms with E-state index in [1.165, 1.54) is 65.0 Å². The molecule has 4 unspecified atom stereocenters. The van der Waals surface area contributed by atoms with Gasteiger partial charge in [0.15, 0.2) is 0 Å². The van der Waals surface area contributed by atoms with Crippen LogP contribution in [0.25, 0.3) is 45.2 Å². The zero-order valence-electron chi connectivity index (χ0n) is 27.1. The molecule has 0 spiro atoms. The highest BCUT2D eigenvalue weighted by Gasteiger charge is 2.51. The molecule has 0 radical (unpaired) electrons. The van der Waals surface area contributed by atoms with Gasteiger partial charge in [-0.3, -0.25) is 0 Å². The summed E-state index contributed by atoms with van der Waals surface area (Å²) in [5.41, 5.74) is 15.2. The van der Waals surface area contributed by atoms with Crippen LogP contribution >= 0.6 is 0 Å². The number of rotatable bonds is 0. The molecule has 0 amide bonds. The lowest BCUT2D eigenvalue weighted by Gasteiger charge is -2.42. The van der Waals surface area contributed by atoms with Gasteiger partial charge in [-0.25, -0.2) is 0 Å². The maximum atomic E-state index is 2.66. The Morgan fingerprint density at radius 2 is 1.52 bits per heavy atom. The zero-order chi connectivity index (χ0) is 30.7. The van der Waals surface area contributed by atoms with E-state index in [4.69, 9.17) is 0 Å². The number of allylic oxidation sites excluding steroid dienone is 8. The van der Waals surface area contributed by atoms with Crippen molar-refractivity contribution >= 4 is 34.1 Å². The lowest BCUT2D eigenvalue weighted by atomic mass is 9.61. The van der Waals surface area contributed by atoms with Crippen molar-refractivity contribution in [3.8, 4) is 11.1 Å². The predicted molar refractivity (Wildman–Crippen MR) is 192 cm³/mol. The van der Waals surface area contributed by atoms with Crippen LogP contribution < -0.4 is 20.9 Å². The second kappa shape index (κ2) is 8.29. The van der Waals surface area contributed by atoms with Gasteiger partial charge in [0.2, 0.25) is 0 Å². The van der Waals surface area contributed by atoms with Gasteiger partial charge in [0.05, 0.1) is 0 Å². The first kappa shape index (κ1) is 25.7. The fourth-order valence-electron chi connectivity index (χ4n) is 11.0. The number of hydrogen-bond acceptors (Lipinski definition) is 0. The number of fused-ring (bicyclic) bond motifs is 12. The van der Waals surface area contributed by atoms with E-state index < -0.39 is 0 Å². The van der Waals surface area contributed by atoms with E-state index in [-0.39, 0.29) is 10.8 Å². The fourth-order valence-corrected chi connectivity index (χ4v) is 11.0. The summed E-state index contributed by atoms with van der Waals surface area (Å²) in [6.07, 6.45) is 23.9. The fraction of sp³-hybridized carbons (Fsp3) is 0.261. The van der Waals surface area contributed by atoms with Gasteiger partial charge in [0.1, 0.15) is 0 Å². The van der Waals surface area contributed by atoms with Crippen molar-refractivity contribution in [2.45, 2.75) is 57.3 Å². The average molecular weight is 591 g/mol. The van der Waals surface area contributed by atoms with Crippen molar-refractivity contribution in [3.63, 3.8) is 0 Å². The van der Waals surface area contributed by atoms with E-state index in [0.29, 0.717) is 23.7 Å². The summed E-state index contributed by atoms with van der Waals surface area (Å²) in [7, 11) is 0. The molecule has 4 aromatic carbocycles. The van der Waals surface area contributed by atoms with E-state index in [1.54, 1.807) is 22.3 Å². The molecule has 4 atom stereocenters. The first-order valence-electron chi connectivity index (χ1n) is 17.4. The molecule has 7 aliphatic rings. The second-order valence-electron chi connectivity index (χ2n) is 15.9. The molecule has 0 aliphatic heterocycles. The highest BCUT2D eigenvalue weighted by Crippen LogP contribution is 2.60. The van der Waals surface area contributed by atoms with Crippen LogP contribution in [-0.2, 0) is 10.8 Å². The highest BCUT2D eigenvalue weighted by molar-refractivity contribution is 5.99. The van der Waals surface area contributed by atoms with E-state index in [9.17, 15) is 0 Å². The van der Waals surface area contributed by atoms with Crippen LogP contribution in [0.2, 0.25) is 0 Å². The van der Waals surface area contributed by atoms with Crippen molar-refractivity contribution in [1.29, 1.82) is 0 Å². The molecule has 0 saturated carbocycles. The number of hydrogen-bond donors (Lipinski definition) is 0. The standard InChI is InChI=1S/C46H38/c1-45(2)36-24-35-37(23-34(36)42-32-20-19-27-12-9-11-26-16-17-28(22-38(42)45)40(32)39(26)27)46(3,4)44-33-21-18-25-10-5-6-13-29(25)41(33)30-14-7-8-15-31(30)43(35)44/h5-9,11-18,20-25,27,33,44H,10,19H2,1-4H3. The molecule has 0 saturated heterocycles. The minimum Gasteiger partial charge on any atom is -0.0836 e. The van der Waals surface area contributed by atoms with Crippen molar-refractivity contribution in [2.24, 2.45) is 17.8 Å². The first-order chi connectivity index (χ1) is 22.3. The summed E-state index contributed by atoms with van der Waals surface area (Å²) in [6.45, 7) is 10.0. The lowest BCUT2D eigenvalue weighted by molar-refractivity contribution is 0.367. The van der Waals surface area contributed by atoms with Gasteiger partial charge in [-0.2, -0.15) is 0 Å². The molecular formula is C46H38. The van der Waals surface area contributed by atoms with Crippen LogP contribution in [0, 0.1) is 17.8 Å². The van der Waals surface area contributed by atoms with E-state index in [1.807, 2.05) is 0 Å². The van der Waals surface area contributed by atoms with Crippen LogP contribution in [0.3, 0.4) is 0 Å². The molecule has 0 fully saturated rings. The van der Waals surface area contributed by atoms with Gasteiger partial charge < -0.3 is 0 Å². The molecule has 4 aromatic rings. The van der Waals surface area contributed by atoms with Gasteiger partial charge >= 0.3 is 0 Å². The Morgan fingerprint density at radius 3 is 2.39 bits per heavy atom. The third-order valence-electron chi connectivity index (χ3n) is 13.1. The second-order valence-corrected chi connectivity index (χ2v) is 15.9. The molecule has 0 aromatic heterocycles. The molecule has 46 heavy (non-hydrogen) atoms. The molecule has 0 heteroatoms. The maximum absolute atomic E-state index is 2.66. The summed E-state index contributed by atoms with van der Waals surface area (Å²) >= 11 is 0.